The molecule has 2 heterocycles. The summed E-state index contributed by atoms with van der Waals surface area (Å²) in [4.78, 5) is 35.9. The van der Waals surface area contributed by atoms with E-state index >= 15 is 0 Å². The second-order valence-corrected chi connectivity index (χ2v) is 5.48. The van der Waals surface area contributed by atoms with Gasteiger partial charge in [-0.3, -0.25) is 14.2 Å². The van der Waals surface area contributed by atoms with Crippen molar-refractivity contribution in [2.45, 2.75) is 0 Å². The molecular formula is C15H12ClN3O3. The van der Waals surface area contributed by atoms with Crippen molar-refractivity contribution in [3.05, 3.63) is 61.4 Å². The van der Waals surface area contributed by atoms with E-state index in [1.807, 2.05) is 0 Å². The van der Waals surface area contributed by atoms with Crippen LogP contribution >= 0.6 is 11.6 Å². The maximum absolute atomic E-state index is 12.2. The Balaban J connectivity index is 2.21. The predicted octanol–water partition coefficient (Wildman–Crippen LogP) is 1.23. The Kier molecular flexibility index (Phi) is 3.26. The van der Waals surface area contributed by atoms with Gasteiger partial charge in [-0.15, -0.1) is 0 Å². The van der Waals surface area contributed by atoms with Gasteiger partial charge in [0.05, 0.1) is 11.3 Å². The number of halogens is 1. The topological polar surface area (TPSA) is 73.1 Å². The number of carbonyl (C=O) groups is 1. The molecule has 1 aliphatic rings. The van der Waals surface area contributed by atoms with Crippen molar-refractivity contribution < 1.29 is 4.79 Å². The van der Waals surface area contributed by atoms with Crippen molar-refractivity contribution in [2.75, 3.05) is 5.32 Å². The van der Waals surface area contributed by atoms with E-state index in [4.69, 9.17) is 11.6 Å². The first kappa shape index (κ1) is 14.3. The molecule has 7 heteroatoms. The van der Waals surface area contributed by atoms with E-state index in [1.165, 1.54) is 23.9 Å². The van der Waals surface area contributed by atoms with Gasteiger partial charge >= 0.3 is 5.69 Å². The van der Waals surface area contributed by atoms with E-state index in [1.54, 1.807) is 25.2 Å². The number of benzene rings is 1. The first-order valence-corrected chi connectivity index (χ1v) is 6.86. The number of anilines is 1. The molecule has 2 aromatic rings. The van der Waals surface area contributed by atoms with Crippen molar-refractivity contribution in [3.8, 4) is 0 Å². The van der Waals surface area contributed by atoms with Gasteiger partial charge in [0.1, 0.15) is 0 Å². The van der Waals surface area contributed by atoms with E-state index in [9.17, 15) is 14.4 Å². The first-order valence-electron chi connectivity index (χ1n) is 6.48. The Labute approximate surface area is 130 Å². The number of amides is 1. The second-order valence-electron chi connectivity index (χ2n) is 5.04. The fourth-order valence-electron chi connectivity index (χ4n) is 2.40. The Morgan fingerprint density at radius 3 is 2.64 bits per heavy atom. The molecule has 1 aliphatic heterocycles. The molecule has 22 heavy (non-hydrogen) atoms. The van der Waals surface area contributed by atoms with Gasteiger partial charge in [-0.25, -0.2) is 4.79 Å². The second kappa shape index (κ2) is 4.99. The van der Waals surface area contributed by atoms with Gasteiger partial charge in [-0.1, -0.05) is 17.7 Å². The third-order valence-electron chi connectivity index (χ3n) is 3.54. The normalized spacial score (nSPS) is 15.0. The average Bonchev–Trinajstić information content (AvgIpc) is 2.77. The van der Waals surface area contributed by atoms with E-state index < -0.39 is 11.2 Å². The number of aryl methyl sites for hydroxylation is 1. The van der Waals surface area contributed by atoms with E-state index in [-0.39, 0.29) is 11.5 Å². The highest BCUT2D eigenvalue weighted by Crippen LogP contribution is 2.34. The van der Waals surface area contributed by atoms with Crippen LogP contribution in [-0.4, -0.2) is 15.0 Å². The number of nitrogens with zero attached hydrogens (tertiary/aromatic N) is 2. The zero-order valence-corrected chi connectivity index (χ0v) is 12.6. The summed E-state index contributed by atoms with van der Waals surface area (Å²) in [6, 6.07) is 5.04. The molecular weight excluding hydrogens is 306 g/mol. The zero-order chi connectivity index (χ0) is 16.0. The van der Waals surface area contributed by atoms with E-state index in [0.29, 0.717) is 21.8 Å². The molecule has 6 nitrogen and oxygen atoms in total. The van der Waals surface area contributed by atoms with Crippen LogP contribution < -0.4 is 16.6 Å². The van der Waals surface area contributed by atoms with Crippen molar-refractivity contribution >= 4 is 34.8 Å². The van der Waals surface area contributed by atoms with Crippen LogP contribution in [0.25, 0.3) is 11.6 Å². The largest absolute Gasteiger partial charge is 0.330 e. The zero-order valence-electron chi connectivity index (χ0n) is 11.9. The number of aromatic nitrogens is 2. The molecule has 0 spiro atoms. The van der Waals surface area contributed by atoms with Gasteiger partial charge in [-0.05, 0) is 18.2 Å². The van der Waals surface area contributed by atoms with Crippen LogP contribution in [0.5, 0.6) is 0 Å². The van der Waals surface area contributed by atoms with Gasteiger partial charge in [0.15, 0.2) is 0 Å². The van der Waals surface area contributed by atoms with Crippen LogP contribution in [0.3, 0.4) is 0 Å². The van der Waals surface area contributed by atoms with Crippen LogP contribution in [0, 0.1) is 0 Å². The molecule has 0 saturated carbocycles. The Hall–Kier alpha value is -2.60. The maximum Gasteiger partial charge on any atom is 0.330 e. The van der Waals surface area contributed by atoms with E-state index in [2.05, 4.69) is 5.32 Å². The summed E-state index contributed by atoms with van der Waals surface area (Å²) in [5.41, 5.74) is 1.02. The van der Waals surface area contributed by atoms with Crippen LogP contribution in [0.1, 0.15) is 11.1 Å². The van der Waals surface area contributed by atoms with Crippen LogP contribution in [0.15, 0.2) is 34.0 Å². The van der Waals surface area contributed by atoms with Crippen LogP contribution in [0.2, 0.25) is 5.02 Å². The Bertz CT molecular complexity index is 953. The molecule has 1 amide bonds. The lowest BCUT2D eigenvalue weighted by Gasteiger charge is -2.04. The highest BCUT2D eigenvalue weighted by Gasteiger charge is 2.24. The molecule has 0 unspecified atom stereocenters. The highest BCUT2D eigenvalue weighted by molar-refractivity contribution is 6.36. The van der Waals surface area contributed by atoms with Crippen molar-refractivity contribution in [1.82, 2.24) is 9.13 Å². The van der Waals surface area contributed by atoms with Crippen molar-refractivity contribution in [3.63, 3.8) is 0 Å². The molecule has 1 N–H and O–H groups in total. The van der Waals surface area contributed by atoms with Crippen molar-refractivity contribution in [1.29, 1.82) is 0 Å². The summed E-state index contributed by atoms with van der Waals surface area (Å²) < 4.78 is 2.30. The molecule has 0 bridgehead atoms. The molecule has 0 radical (unpaired) electrons. The third-order valence-corrected chi connectivity index (χ3v) is 3.77. The number of hydrogen-bond acceptors (Lipinski definition) is 3. The van der Waals surface area contributed by atoms with Crippen LogP contribution in [-0.2, 0) is 18.9 Å². The van der Waals surface area contributed by atoms with E-state index in [0.717, 1.165) is 4.57 Å². The standard InChI is InChI=1S/C15H12ClN3O3/c1-18-7-8(14(21)19(2)15(18)22)5-11-10-4-3-9(16)6-12(10)17-13(11)20/h3-7H,1-2H3,(H,17,20)/b11-5+. The van der Waals surface area contributed by atoms with Gasteiger partial charge in [0.25, 0.3) is 11.5 Å². The fraction of sp³-hybridized carbons (Fsp3) is 0.133. The lowest BCUT2D eigenvalue weighted by atomic mass is 10.1. The average molecular weight is 318 g/mol. The molecule has 1 aromatic heterocycles. The van der Waals surface area contributed by atoms with Crippen molar-refractivity contribution in [2.24, 2.45) is 14.1 Å². The molecule has 0 fully saturated rings. The fourth-order valence-corrected chi connectivity index (χ4v) is 2.57. The Morgan fingerprint density at radius 1 is 1.18 bits per heavy atom. The van der Waals surface area contributed by atoms with Gasteiger partial charge in [0, 0.05) is 36.5 Å². The maximum atomic E-state index is 12.2. The van der Waals surface area contributed by atoms with Gasteiger partial charge in [0.2, 0.25) is 0 Å². The minimum absolute atomic E-state index is 0.262. The number of rotatable bonds is 1. The summed E-state index contributed by atoms with van der Waals surface area (Å²) in [5.74, 6) is -0.312. The smallest absolute Gasteiger partial charge is 0.321 e. The number of hydrogen-bond donors (Lipinski definition) is 1. The summed E-state index contributed by atoms with van der Waals surface area (Å²) in [5, 5.41) is 3.21. The SMILES string of the molecule is Cn1cc(/C=C2/C(=O)Nc3cc(Cl)ccc32)c(=O)n(C)c1=O. The van der Waals surface area contributed by atoms with Crippen LogP contribution in [0.4, 0.5) is 5.69 Å². The number of fused-ring (bicyclic) bond motifs is 1. The summed E-state index contributed by atoms with van der Waals surface area (Å²) in [6.07, 6.45) is 2.90. The number of nitrogens with one attached hydrogen (secondary N) is 1. The molecule has 0 atom stereocenters. The Morgan fingerprint density at radius 2 is 1.91 bits per heavy atom. The minimum atomic E-state index is -0.453. The molecule has 3 rings (SSSR count). The molecule has 0 aliphatic carbocycles. The number of carbonyl (C=O) groups excluding carboxylic acids is 1. The molecule has 1 aromatic carbocycles. The summed E-state index contributed by atoms with van der Waals surface area (Å²) in [7, 11) is 2.95. The monoisotopic (exact) mass is 317 g/mol. The quantitative estimate of drug-likeness (QED) is 0.804. The van der Waals surface area contributed by atoms with Gasteiger partial charge < -0.3 is 9.88 Å². The summed E-state index contributed by atoms with van der Waals surface area (Å²) >= 11 is 5.90. The predicted molar refractivity (Wildman–Crippen MR) is 84.9 cm³/mol. The molecule has 0 saturated heterocycles. The molecule has 112 valence electrons. The first-order chi connectivity index (χ1) is 10.4. The summed E-state index contributed by atoms with van der Waals surface area (Å²) in [6.45, 7) is 0. The lowest BCUT2D eigenvalue weighted by molar-refractivity contribution is -0.110. The van der Waals surface area contributed by atoms with Gasteiger partial charge in [-0.2, -0.15) is 0 Å². The highest BCUT2D eigenvalue weighted by atomic mass is 35.5. The minimum Gasteiger partial charge on any atom is -0.321 e. The third kappa shape index (κ3) is 2.17. The lowest BCUT2D eigenvalue weighted by Crippen LogP contribution is -2.37.